The first-order valence-electron chi connectivity index (χ1n) is 7.17. The number of nitrogens with one attached hydrogen (secondary N) is 2. The SMILES string of the molecule is Cc1ccc(S(=O)(=O)Nc2n[nH]c(-c3ccccc3)c2C)cc1. The zero-order chi connectivity index (χ0) is 16.4. The normalized spacial score (nSPS) is 11.4. The lowest BCUT2D eigenvalue weighted by molar-refractivity contribution is 0.601. The van der Waals surface area contributed by atoms with Crippen LogP contribution in [-0.4, -0.2) is 18.6 Å². The number of hydrogen-bond donors (Lipinski definition) is 2. The molecule has 0 spiro atoms. The number of aromatic nitrogens is 2. The van der Waals surface area contributed by atoms with Gasteiger partial charge in [-0.2, -0.15) is 5.10 Å². The molecule has 23 heavy (non-hydrogen) atoms. The molecule has 0 aliphatic rings. The lowest BCUT2D eigenvalue weighted by atomic mass is 10.1. The second kappa shape index (κ2) is 5.89. The van der Waals surface area contributed by atoms with E-state index in [-0.39, 0.29) is 4.90 Å². The molecule has 0 amide bonds. The van der Waals surface area contributed by atoms with E-state index >= 15 is 0 Å². The van der Waals surface area contributed by atoms with Crippen molar-refractivity contribution < 1.29 is 8.42 Å². The summed E-state index contributed by atoms with van der Waals surface area (Å²) in [5, 5.41) is 7.00. The molecular formula is C17H17N3O2S. The van der Waals surface area contributed by atoms with E-state index in [2.05, 4.69) is 14.9 Å². The van der Waals surface area contributed by atoms with Crippen LogP contribution in [0.25, 0.3) is 11.3 Å². The molecule has 0 bridgehead atoms. The van der Waals surface area contributed by atoms with Crippen LogP contribution in [-0.2, 0) is 10.0 Å². The topological polar surface area (TPSA) is 74.8 Å². The molecule has 5 nitrogen and oxygen atoms in total. The van der Waals surface area contributed by atoms with E-state index in [9.17, 15) is 8.42 Å². The zero-order valence-corrected chi connectivity index (χ0v) is 13.7. The second-order valence-electron chi connectivity index (χ2n) is 5.36. The Bertz CT molecular complexity index is 914. The minimum absolute atomic E-state index is 0.215. The first-order valence-corrected chi connectivity index (χ1v) is 8.65. The average molecular weight is 327 g/mol. The third kappa shape index (κ3) is 3.12. The standard InChI is InChI=1S/C17H17N3O2S/c1-12-8-10-15(11-9-12)23(21,22)20-17-13(2)16(18-19-17)14-6-4-3-5-7-14/h3-11H,1-2H3,(H2,18,19,20). The van der Waals surface area contributed by atoms with Crippen LogP contribution in [0.3, 0.4) is 0 Å². The highest BCUT2D eigenvalue weighted by molar-refractivity contribution is 7.92. The van der Waals surface area contributed by atoms with E-state index in [0.29, 0.717) is 5.82 Å². The summed E-state index contributed by atoms with van der Waals surface area (Å²) in [6, 6.07) is 16.4. The summed E-state index contributed by atoms with van der Waals surface area (Å²) in [7, 11) is -3.65. The van der Waals surface area contributed by atoms with E-state index in [4.69, 9.17) is 0 Å². The first kappa shape index (κ1) is 15.3. The molecule has 1 aromatic heterocycles. The number of nitrogens with zero attached hydrogens (tertiary/aromatic N) is 1. The van der Waals surface area contributed by atoms with Crippen LogP contribution in [0.1, 0.15) is 11.1 Å². The van der Waals surface area contributed by atoms with Crippen molar-refractivity contribution in [3.05, 3.63) is 65.7 Å². The number of H-pyrrole nitrogens is 1. The molecule has 6 heteroatoms. The van der Waals surface area contributed by atoms with Crippen LogP contribution < -0.4 is 4.72 Å². The molecule has 0 aliphatic carbocycles. The summed E-state index contributed by atoms with van der Waals surface area (Å²) >= 11 is 0. The molecule has 2 N–H and O–H groups in total. The van der Waals surface area contributed by atoms with Crippen molar-refractivity contribution in [3.63, 3.8) is 0 Å². The van der Waals surface area contributed by atoms with Gasteiger partial charge in [0.05, 0.1) is 10.6 Å². The van der Waals surface area contributed by atoms with Crippen molar-refractivity contribution in [1.29, 1.82) is 0 Å². The smallest absolute Gasteiger partial charge is 0.263 e. The van der Waals surface area contributed by atoms with Gasteiger partial charge in [-0.1, -0.05) is 48.0 Å². The van der Waals surface area contributed by atoms with E-state index < -0.39 is 10.0 Å². The third-order valence-corrected chi connectivity index (χ3v) is 4.99. The Kier molecular flexibility index (Phi) is 3.92. The largest absolute Gasteiger partial charge is 0.275 e. The van der Waals surface area contributed by atoms with Crippen molar-refractivity contribution in [2.24, 2.45) is 0 Å². The van der Waals surface area contributed by atoms with Crippen LogP contribution in [0.15, 0.2) is 59.5 Å². The van der Waals surface area contributed by atoms with Gasteiger partial charge in [0.1, 0.15) is 0 Å². The fraction of sp³-hybridized carbons (Fsp3) is 0.118. The monoisotopic (exact) mass is 327 g/mol. The molecule has 3 aromatic rings. The van der Waals surface area contributed by atoms with Crippen LogP contribution in [0.2, 0.25) is 0 Å². The van der Waals surface area contributed by atoms with E-state index in [0.717, 1.165) is 22.4 Å². The minimum atomic E-state index is -3.65. The number of rotatable bonds is 4. The summed E-state index contributed by atoms with van der Waals surface area (Å²) in [5.74, 6) is 0.310. The molecule has 1 heterocycles. The summed E-state index contributed by atoms with van der Waals surface area (Å²) in [4.78, 5) is 0.215. The number of aromatic amines is 1. The van der Waals surface area contributed by atoms with Gasteiger partial charge in [0.25, 0.3) is 10.0 Å². The van der Waals surface area contributed by atoms with Gasteiger partial charge in [0, 0.05) is 5.56 Å². The van der Waals surface area contributed by atoms with Gasteiger partial charge < -0.3 is 0 Å². The minimum Gasteiger partial charge on any atom is -0.275 e. The number of aryl methyl sites for hydroxylation is 1. The molecule has 3 rings (SSSR count). The molecule has 118 valence electrons. The zero-order valence-electron chi connectivity index (χ0n) is 12.9. The number of hydrogen-bond acceptors (Lipinski definition) is 3. The Morgan fingerprint density at radius 2 is 1.61 bits per heavy atom. The van der Waals surface area contributed by atoms with Gasteiger partial charge >= 0.3 is 0 Å². The second-order valence-corrected chi connectivity index (χ2v) is 7.04. The van der Waals surface area contributed by atoms with Gasteiger partial charge in [-0.3, -0.25) is 9.82 Å². The predicted molar refractivity (Wildman–Crippen MR) is 90.7 cm³/mol. The third-order valence-electron chi connectivity index (χ3n) is 3.63. The van der Waals surface area contributed by atoms with Gasteiger partial charge in [0.2, 0.25) is 0 Å². The van der Waals surface area contributed by atoms with E-state index in [1.807, 2.05) is 44.2 Å². The summed E-state index contributed by atoms with van der Waals surface area (Å²) in [6.45, 7) is 3.74. The first-order chi connectivity index (χ1) is 11.0. The molecular weight excluding hydrogens is 310 g/mol. The molecule has 0 saturated carbocycles. The maximum atomic E-state index is 12.4. The number of anilines is 1. The van der Waals surface area contributed by atoms with Gasteiger partial charge in [-0.05, 0) is 31.5 Å². The molecule has 0 aliphatic heterocycles. The highest BCUT2D eigenvalue weighted by atomic mass is 32.2. The molecule has 0 radical (unpaired) electrons. The molecule has 2 aromatic carbocycles. The van der Waals surface area contributed by atoms with Gasteiger partial charge in [-0.25, -0.2) is 8.42 Å². The number of benzene rings is 2. The van der Waals surface area contributed by atoms with Crippen LogP contribution in [0, 0.1) is 13.8 Å². The van der Waals surface area contributed by atoms with E-state index in [1.165, 1.54) is 0 Å². The van der Waals surface area contributed by atoms with Crippen molar-refractivity contribution in [3.8, 4) is 11.3 Å². The Morgan fingerprint density at radius 1 is 0.957 bits per heavy atom. The Hall–Kier alpha value is -2.60. The maximum Gasteiger partial charge on any atom is 0.263 e. The average Bonchev–Trinajstić information content (AvgIpc) is 2.89. The summed E-state index contributed by atoms with van der Waals surface area (Å²) < 4.78 is 27.4. The van der Waals surface area contributed by atoms with Crippen LogP contribution in [0.4, 0.5) is 5.82 Å². The fourth-order valence-corrected chi connectivity index (χ4v) is 3.35. The van der Waals surface area contributed by atoms with Crippen molar-refractivity contribution >= 4 is 15.8 Å². The summed E-state index contributed by atoms with van der Waals surface area (Å²) in [6.07, 6.45) is 0. The molecule has 0 unspecified atom stereocenters. The van der Waals surface area contributed by atoms with Crippen molar-refractivity contribution in [1.82, 2.24) is 10.2 Å². The van der Waals surface area contributed by atoms with Crippen molar-refractivity contribution in [2.75, 3.05) is 4.72 Å². The van der Waals surface area contributed by atoms with Crippen molar-refractivity contribution in [2.45, 2.75) is 18.7 Å². The lowest BCUT2D eigenvalue weighted by Crippen LogP contribution is -2.13. The maximum absolute atomic E-state index is 12.4. The van der Waals surface area contributed by atoms with Gasteiger partial charge in [-0.15, -0.1) is 0 Å². The predicted octanol–water partition coefficient (Wildman–Crippen LogP) is 3.49. The Labute approximate surface area is 135 Å². The van der Waals surface area contributed by atoms with Crippen LogP contribution in [0.5, 0.6) is 0 Å². The number of sulfonamides is 1. The highest BCUT2D eigenvalue weighted by Gasteiger charge is 2.18. The quantitative estimate of drug-likeness (QED) is 0.770. The molecule has 0 saturated heterocycles. The molecule has 0 fully saturated rings. The fourth-order valence-electron chi connectivity index (χ4n) is 2.29. The van der Waals surface area contributed by atoms with E-state index in [1.54, 1.807) is 24.3 Å². The Balaban J connectivity index is 1.92. The Morgan fingerprint density at radius 3 is 2.26 bits per heavy atom. The highest BCUT2D eigenvalue weighted by Crippen LogP contribution is 2.27. The molecule has 0 atom stereocenters. The summed E-state index contributed by atoms with van der Waals surface area (Å²) in [5.41, 5.74) is 3.52. The van der Waals surface area contributed by atoms with Gasteiger partial charge in [0.15, 0.2) is 5.82 Å². The lowest BCUT2D eigenvalue weighted by Gasteiger charge is -2.07. The van der Waals surface area contributed by atoms with Crippen LogP contribution >= 0.6 is 0 Å².